The maximum absolute atomic E-state index is 11.6. The van der Waals surface area contributed by atoms with Crippen LogP contribution in [0.2, 0.25) is 0 Å². The van der Waals surface area contributed by atoms with E-state index >= 15 is 0 Å². The quantitative estimate of drug-likeness (QED) is 0.326. The van der Waals surface area contributed by atoms with Gasteiger partial charge in [0.25, 0.3) is 0 Å². The Bertz CT molecular complexity index is 692. The van der Waals surface area contributed by atoms with Gasteiger partial charge in [-0.2, -0.15) is 12.6 Å². The largest absolute Gasteiger partial charge is 0.478 e. The number of nitrogens with two attached hydrogens (primary N) is 1. The number of benzene rings is 1. The minimum absolute atomic E-state index is 0.185. The molecule has 2 atom stereocenters. The van der Waals surface area contributed by atoms with Gasteiger partial charge in [-0.1, -0.05) is 25.1 Å². The third-order valence-electron chi connectivity index (χ3n) is 6.44. The summed E-state index contributed by atoms with van der Waals surface area (Å²) in [6, 6.07) is 9.37. The van der Waals surface area contributed by atoms with Gasteiger partial charge in [-0.15, -0.1) is 11.8 Å². The smallest absolute Gasteiger partial charge is 0.345 e. The first kappa shape index (κ1) is 23.5. The molecule has 4 fully saturated rings. The van der Waals surface area contributed by atoms with Crippen LogP contribution in [0.3, 0.4) is 0 Å². The van der Waals surface area contributed by atoms with Crippen molar-refractivity contribution in [1.82, 2.24) is 0 Å². The van der Waals surface area contributed by atoms with Crippen molar-refractivity contribution in [1.29, 1.82) is 0 Å². The van der Waals surface area contributed by atoms with Gasteiger partial charge in [0.1, 0.15) is 0 Å². The molecule has 0 amide bonds. The number of carboxylic acids is 1. The predicted octanol–water partition coefficient (Wildman–Crippen LogP) is 4.25. The average Bonchev–Trinajstić information content (AvgIpc) is 2.69. The predicted molar refractivity (Wildman–Crippen MR) is 123 cm³/mol. The number of carbonyl (C=O) groups is 2. The van der Waals surface area contributed by atoms with E-state index in [-0.39, 0.29) is 5.75 Å². The van der Waals surface area contributed by atoms with Gasteiger partial charge in [-0.05, 0) is 68.4 Å². The second kappa shape index (κ2) is 10.4. The van der Waals surface area contributed by atoms with Crippen LogP contribution in [0.4, 0.5) is 0 Å². The van der Waals surface area contributed by atoms with Crippen LogP contribution in [-0.2, 0) is 14.3 Å². The van der Waals surface area contributed by atoms with E-state index < -0.39 is 24.0 Å². The van der Waals surface area contributed by atoms with Gasteiger partial charge in [-0.25, -0.2) is 4.79 Å². The number of ether oxygens (including phenoxy) is 1. The van der Waals surface area contributed by atoms with E-state index in [2.05, 4.69) is 12.6 Å². The molecule has 0 radical (unpaired) electrons. The van der Waals surface area contributed by atoms with Gasteiger partial charge in [0.15, 0.2) is 0 Å². The molecule has 4 aliphatic rings. The fourth-order valence-electron chi connectivity index (χ4n) is 5.35. The van der Waals surface area contributed by atoms with E-state index in [0.29, 0.717) is 11.3 Å². The van der Waals surface area contributed by atoms with Crippen LogP contribution in [0.5, 0.6) is 0 Å². The number of carbonyl (C=O) groups excluding carboxylic acids is 1. The lowest BCUT2D eigenvalue weighted by molar-refractivity contribution is -0.164. The molecule has 3 N–H and O–H groups in total. The second-order valence-electron chi connectivity index (χ2n) is 9.25. The maximum atomic E-state index is 11.6. The fourth-order valence-corrected chi connectivity index (χ4v) is 6.41. The number of hydrogen-bond donors (Lipinski definition) is 3. The number of rotatable bonds is 7. The Morgan fingerprint density at radius 3 is 2.13 bits per heavy atom. The lowest BCUT2D eigenvalue weighted by Gasteiger charge is -2.55. The molecular weight excluding hydrogens is 418 g/mol. The van der Waals surface area contributed by atoms with Crippen molar-refractivity contribution in [2.75, 3.05) is 11.5 Å². The Morgan fingerprint density at radius 1 is 1.17 bits per heavy atom. The van der Waals surface area contributed by atoms with Gasteiger partial charge in [0.05, 0.1) is 5.92 Å². The SMILES string of the molecule is CC(CS)C(=O)O[C@@H](CSc1ccccc1)C(=O)O.NC12CC3CC(CC(C3)C1)C2. The molecule has 166 valence electrons. The summed E-state index contributed by atoms with van der Waals surface area (Å²) in [5.74, 6) is 1.50. The third-order valence-corrected chi connectivity index (χ3v) is 8.06. The van der Waals surface area contributed by atoms with E-state index in [4.69, 9.17) is 15.6 Å². The fraction of sp³-hybridized carbons (Fsp3) is 0.652. The standard InChI is InChI=1S/C13H16O4S2.C10H17N/c1-9(7-18)13(16)17-11(12(14)15)8-19-10-5-3-2-4-6-10;11-10-4-7-1-8(5-10)3-9(2-7)6-10/h2-6,9,11,18H,7-8H2,1H3,(H,14,15);7-9H,1-6,11H2/t9?,11-;/m0./s1. The Morgan fingerprint density at radius 2 is 1.70 bits per heavy atom. The summed E-state index contributed by atoms with van der Waals surface area (Å²) in [6.07, 6.45) is 7.43. The average molecular weight is 452 g/mol. The van der Waals surface area contributed by atoms with Gasteiger partial charge < -0.3 is 15.6 Å². The Labute approximate surface area is 188 Å². The number of hydrogen-bond acceptors (Lipinski definition) is 6. The van der Waals surface area contributed by atoms with Crippen molar-refractivity contribution in [3.63, 3.8) is 0 Å². The molecule has 0 heterocycles. The number of carboxylic acid groups (broad SMARTS) is 1. The highest BCUT2D eigenvalue weighted by atomic mass is 32.2. The molecule has 30 heavy (non-hydrogen) atoms. The van der Waals surface area contributed by atoms with E-state index in [1.165, 1.54) is 50.3 Å². The van der Waals surface area contributed by atoms with Crippen LogP contribution in [0.25, 0.3) is 0 Å². The van der Waals surface area contributed by atoms with Crippen molar-refractivity contribution in [2.24, 2.45) is 29.4 Å². The Kier molecular flexibility index (Phi) is 8.16. The van der Waals surface area contributed by atoms with E-state index in [1.54, 1.807) is 6.92 Å². The molecule has 0 aliphatic heterocycles. The lowest BCUT2D eigenvalue weighted by atomic mass is 9.53. The normalized spacial score (nSPS) is 30.7. The van der Waals surface area contributed by atoms with Crippen LogP contribution in [0.15, 0.2) is 35.2 Å². The summed E-state index contributed by atoms with van der Waals surface area (Å²) in [6.45, 7) is 1.65. The molecule has 4 saturated carbocycles. The second-order valence-corrected chi connectivity index (χ2v) is 10.7. The number of esters is 1. The molecule has 0 saturated heterocycles. The van der Waals surface area contributed by atoms with Crippen molar-refractivity contribution >= 4 is 36.3 Å². The highest BCUT2D eigenvalue weighted by Gasteiger charge is 2.48. The van der Waals surface area contributed by atoms with Gasteiger partial charge in [0.2, 0.25) is 6.10 Å². The molecule has 1 unspecified atom stereocenters. The van der Waals surface area contributed by atoms with Gasteiger partial charge in [-0.3, -0.25) is 4.79 Å². The molecule has 5 nitrogen and oxygen atoms in total. The van der Waals surface area contributed by atoms with E-state index in [1.807, 2.05) is 30.3 Å². The molecule has 4 aliphatic carbocycles. The molecule has 0 spiro atoms. The van der Waals surface area contributed by atoms with Crippen LogP contribution in [0.1, 0.15) is 45.4 Å². The molecule has 1 aromatic rings. The number of aliphatic carboxylic acids is 1. The highest BCUT2D eigenvalue weighted by Crippen LogP contribution is 2.54. The monoisotopic (exact) mass is 451 g/mol. The summed E-state index contributed by atoms with van der Waals surface area (Å²) < 4.78 is 4.98. The van der Waals surface area contributed by atoms with Crippen LogP contribution >= 0.6 is 24.4 Å². The van der Waals surface area contributed by atoms with Crippen molar-refractivity contribution in [3.05, 3.63) is 30.3 Å². The number of thioether (sulfide) groups is 1. The highest BCUT2D eigenvalue weighted by molar-refractivity contribution is 7.99. The summed E-state index contributed by atoms with van der Waals surface area (Å²) in [5, 5.41) is 9.04. The zero-order valence-corrected chi connectivity index (χ0v) is 19.2. The van der Waals surface area contributed by atoms with Crippen LogP contribution < -0.4 is 5.73 Å². The van der Waals surface area contributed by atoms with Crippen molar-refractivity contribution in [2.45, 2.75) is 62.0 Å². The first-order valence-corrected chi connectivity index (χ1v) is 12.4. The van der Waals surface area contributed by atoms with Crippen LogP contribution in [-0.4, -0.2) is 40.2 Å². The zero-order valence-electron chi connectivity index (χ0n) is 17.5. The van der Waals surface area contributed by atoms with Crippen molar-refractivity contribution < 1.29 is 19.4 Å². The summed E-state index contributed by atoms with van der Waals surface area (Å²) in [5.41, 5.74) is 6.62. The van der Waals surface area contributed by atoms with Crippen molar-refractivity contribution in [3.8, 4) is 0 Å². The minimum Gasteiger partial charge on any atom is -0.478 e. The summed E-state index contributed by atoms with van der Waals surface area (Å²) >= 11 is 5.33. The van der Waals surface area contributed by atoms with Crippen LogP contribution in [0, 0.1) is 23.7 Å². The van der Waals surface area contributed by atoms with E-state index in [9.17, 15) is 9.59 Å². The molecule has 0 aromatic heterocycles. The topological polar surface area (TPSA) is 89.6 Å². The first-order chi connectivity index (χ1) is 14.3. The third kappa shape index (κ3) is 6.41. The zero-order chi connectivity index (χ0) is 21.7. The summed E-state index contributed by atoms with van der Waals surface area (Å²) in [4.78, 5) is 23.6. The molecule has 7 heteroatoms. The Balaban J connectivity index is 0.000000193. The summed E-state index contributed by atoms with van der Waals surface area (Å²) in [7, 11) is 0. The maximum Gasteiger partial charge on any atom is 0.345 e. The molecular formula is C23H33NO4S2. The molecule has 4 bridgehead atoms. The Hall–Kier alpha value is -1.18. The molecule has 5 rings (SSSR count). The lowest BCUT2D eigenvalue weighted by Crippen LogP contribution is -2.55. The molecule has 1 aromatic carbocycles. The first-order valence-electron chi connectivity index (χ1n) is 10.8. The van der Waals surface area contributed by atoms with E-state index in [0.717, 1.165) is 22.6 Å². The van der Waals surface area contributed by atoms with Gasteiger partial charge in [0, 0.05) is 21.9 Å². The minimum atomic E-state index is -1.14. The van der Waals surface area contributed by atoms with Gasteiger partial charge >= 0.3 is 11.9 Å². The number of thiol groups is 1.